The highest BCUT2D eigenvalue weighted by molar-refractivity contribution is 7.11. The van der Waals surface area contributed by atoms with Crippen LogP contribution in [0.25, 0.3) is 0 Å². The van der Waals surface area contributed by atoms with E-state index >= 15 is 0 Å². The van der Waals surface area contributed by atoms with Crippen LogP contribution in [0.1, 0.15) is 0 Å². The van der Waals surface area contributed by atoms with Gasteiger partial charge in [-0.1, -0.05) is 34.5 Å². The van der Waals surface area contributed by atoms with Crippen LogP contribution in [-0.4, -0.2) is 35.1 Å². The number of carbonyl (C=O) groups excluding carboxylic acids is 1. The molecule has 0 unspecified atom stereocenters. The number of likely N-dealkylation sites (tertiary alicyclic amines) is 1. The Hall–Kier alpha value is -1.50. The molecule has 0 aliphatic carbocycles. The molecule has 2 aromatic rings. The number of nitrogens with zero attached hydrogens (tertiary/aromatic N) is 2. The number of carbonyl (C=O) groups is 1. The highest BCUT2D eigenvalue weighted by Crippen LogP contribution is 2.26. The zero-order chi connectivity index (χ0) is 14.8. The van der Waals surface area contributed by atoms with Crippen LogP contribution in [0.5, 0.6) is 5.19 Å². The highest BCUT2D eigenvalue weighted by atomic mass is 35.5. The maximum Gasteiger partial charge on any atom is 0.322 e. The Morgan fingerprint density at radius 1 is 1.38 bits per heavy atom. The molecule has 0 spiro atoms. The van der Waals surface area contributed by atoms with Crippen molar-refractivity contribution in [3.8, 4) is 5.19 Å². The van der Waals surface area contributed by atoms with Crippen molar-refractivity contribution >= 4 is 46.3 Å². The number of rotatable bonds is 3. The fraction of sp³-hybridized carbons (Fsp3) is 0.231. The first-order valence-electron chi connectivity index (χ1n) is 6.19. The van der Waals surface area contributed by atoms with E-state index in [1.54, 1.807) is 29.3 Å². The van der Waals surface area contributed by atoms with E-state index in [-0.39, 0.29) is 12.1 Å². The number of benzene rings is 1. The van der Waals surface area contributed by atoms with Crippen LogP contribution in [0.3, 0.4) is 0 Å². The summed E-state index contributed by atoms with van der Waals surface area (Å²) in [7, 11) is 0. The van der Waals surface area contributed by atoms with Gasteiger partial charge in [0.2, 0.25) is 0 Å². The fourth-order valence-corrected chi connectivity index (χ4v) is 2.72. The summed E-state index contributed by atoms with van der Waals surface area (Å²) in [5.41, 5.74) is 0.610. The first-order valence-corrected chi connectivity index (χ1v) is 7.82. The van der Waals surface area contributed by atoms with E-state index in [9.17, 15) is 4.79 Å². The molecule has 2 amide bonds. The van der Waals surface area contributed by atoms with Crippen molar-refractivity contribution in [2.75, 3.05) is 18.4 Å². The number of amides is 2. The van der Waals surface area contributed by atoms with Crippen LogP contribution in [0.4, 0.5) is 10.5 Å². The van der Waals surface area contributed by atoms with Crippen LogP contribution >= 0.6 is 34.5 Å². The lowest BCUT2D eigenvalue weighted by Gasteiger charge is -2.38. The number of thiazole rings is 1. The van der Waals surface area contributed by atoms with Crippen molar-refractivity contribution in [1.29, 1.82) is 0 Å². The van der Waals surface area contributed by atoms with E-state index < -0.39 is 0 Å². The van der Waals surface area contributed by atoms with E-state index in [2.05, 4.69) is 10.3 Å². The second kappa shape index (κ2) is 6.09. The Bertz CT molecular complexity index is 645. The predicted octanol–water partition coefficient (Wildman–Crippen LogP) is 3.75. The minimum absolute atomic E-state index is 0.00398. The quantitative estimate of drug-likeness (QED) is 0.923. The van der Waals surface area contributed by atoms with Crippen LogP contribution in [-0.2, 0) is 0 Å². The van der Waals surface area contributed by atoms with E-state index in [0.29, 0.717) is 34.0 Å². The van der Waals surface area contributed by atoms with Crippen molar-refractivity contribution in [2.24, 2.45) is 0 Å². The summed E-state index contributed by atoms with van der Waals surface area (Å²) in [5.74, 6) is 0. The topological polar surface area (TPSA) is 54.5 Å². The first kappa shape index (κ1) is 14.4. The molecule has 2 heterocycles. The largest absolute Gasteiger partial charge is 0.463 e. The molecule has 0 bridgehead atoms. The molecule has 1 aliphatic heterocycles. The SMILES string of the molecule is O=C(Nc1ccc(Cl)c(Cl)c1)N1CC(Oc2nccs2)C1. The van der Waals surface area contributed by atoms with Gasteiger partial charge >= 0.3 is 6.03 Å². The molecule has 0 radical (unpaired) electrons. The van der Waals surface area contributed by atoms with Crippen LogP contribution < -0.4 is 10.1 Å². The van der Waals surface area contributed by atoms with Crippen molar-refractivity contribution in [2.45, 2.75) is 6.10 Å². The van der Waals surface area contributed by atoms with Gasteiger partial charge in [-0.3, -0.25) is 0 Å². The molecular weight excluding hydrogens is 333 g/mol. The third-order valence-corrected chi connectivity index (χ3v) is 4.38. The molecule has 1 N–H and O–H groups in total. The third-order valence-electron chi connectivity index (χ3n) is 2.98. The van der Waals surface area contributed by atoms with Gasteiger partial charge in [0.1, 0.15) is 6.10 Å². The smallest absolute Gasteiger partial charge is 0.322 e. The summed E-state index contributed by atoms with van der Waals surface area (Å²) < 4.78 is 5.60. The van der Waals surface area contributed by atoms with Gasteiger partial charge in [-0.2, -0.15) is 0 Å². The number of anilines is 1. The summed E-state index contributed by atoms with van der Waals surface area (Å²) in [6.07, 6.45) is 1.68. The maximum absolute atomic E-state index is 12.0. The number of hydrogen-bond donors (Lipinski definition) is 1. The number of halogens is 2. The first-order chi connectivity index (χ1) is 10.1. The Morgan fingerprint density at radius 3 is 2.86 bits per heavy atom. The van der Waals surface area contributed by atoms with Crippen molar-refractivity contribution in [1.82, 2.24) is 9.88 Å². The predicted molar refractivity (Wildman–Crippen MR) is 83.6 cm³/mol. The van der Waals surface area contributed by atoms with Gasteiger partial charge in [0.15, 0.2) is 0 Å². The summed E-state index contributed by atoms with van der Waals surface area (Å²) in [6, 6.07) is 4.78. The Labute approximate surface area is 135 Å². The van der Waals surface area contributed by atoms with Gasteiger partial charge in [0.25, 0.3) is 5.19 Å². The molecule has 1 aromatic heterocycles. The van der Waals surface area contributed by atoms with Crippen LogP contribution in [0, 0.1) is 0 Å². The average molecular weight is 344 g/mol. The second-order valence-corrected chi connectivity index (χ2v) is 6.17. The summed E-state index contributed by atoms with van der Waals surface area (Å²) >= 11 is 13.2. The Balaban J connectivity index is 1.50. The third kappa shape index (κ3) is 3.40. The monoisotopic (exact) mass is 343 g/mol. The molecule has 1 saturated heterocycles. The summed E-state index contributed by atoms with van der Waals surface area (Å²) in [5, 5.41) is 6.11. The maximum atomic E-state index is 12.0. The normalized spacial score (nSPS) is 14.7. The Morgan fingerprint density at radius 2 is 2.19 bits per heavy atom. The standard InChI is InChI=1S/C13H11Cl2N3O2S/c14-10-2-1-8(5-11(10)15)17-12(19)18-6-9(7-18)20-13-16-3-4-21-13/h1-5,9H,6-7H2,(H,17,19). The molecular formula is C13H11Cl2N3O2S. The molecule has 1 aliphatic rings. The van der Waals surface area contributed by atoms with Gasteiger partial charge in [-0.25, -0.2) is 9.78 Å². The molecule has 1 fully saturated rings. The molecule has 5 nitrogen and oxygen atoms in total. The fourth-order valence-electron chi connectivity index (χ4n) is 1.87. The average Bonchev–Trinajstić information content (AvgIpc) is 2.90. The minimum Gasteiger partial charge on any atom is -0.463 e. The van der Waals surface area contributed by atoms with Crippen LogP contribution in [0.15, 0.2) is 29.8 Å². The number of hydrogen-bond acceptors (Lipinski definition) is 4. The molecule has 110 valence electrons. The number of aromatic nitrogens is 1. The number of urea groups is 1. The lowest BCUT2D eigenvalue weighted by Crippen LogP contribution is -2.57. The Kier molecular flexibility index (Phi) is 4.19. The highest BCUT2D eigenvalue weighted by Gasteiger charge is 2.32. The molecule has 0 atom stereocenters. The van der Waals surface area contributed by atoms with Gasteiger partial charge in [0.05, 0.1) is 23.1 Å². The van der Waals surface area contributed by atoms with E-state index in [1.165, 1.54) is 11.3 Å². The number of nitrogens with one attached hydrogen (secondary N) is 1. The summed E-state index contributed by atoms with van der Waals surface area (Å²) in [6.45, 7) is 1.07. The molecule has 3 rings (SSSR count). The lowest BCUT2D eigenvalue weighted by molar-refractivity contribution is 0.0491. The zero-order valence-electron chi connectivity index (χ0n) is 10.8. The van der Waals surface area contributed by atoms with E-state index in [0.717, 1.165) is 0 Å². The summed E-state index contributed by atoms with van der Waals surface area (Å²) in [4.78, 5) is 17.7. The molecule has 1 aromatic carbocycles. The van der Waals surface area contributed by atoms with Crippen LogP contribution in [0.2, 0.25) is 10.0 Å². The molecule has 8 heteroatoms. The molecule has 21 heavy (non-hydrogen) atoms. The van der Waals surface area contributed by atoms with Crippen molar-refractivity contribution in [3.05, 3.63) is 39.8 Å². The van der Waals surface area contributed by atoms with Gasteiger partial charge in [-0.05, 0) is 18.2 Å². The van der Waals surface area contributed by atoms with Gasteiger partial charge in [-0.15, -0.1) is 0 Å². The zero-order valence-corrected chi connectivity index (χ0v) is 13.1. The van der Waals surface area contributed by atoms with E-state index in [4.69, 9.17) is 27.9 Å². The second-order valence-electron chi connectivity index (χ2n) is 4.50. The van der Waals surface area contributed by atoms with Crippen molar-refractivity contribution in [3.63, 3.8) is 0 Å². The van der Waals surface area contributed by atoms with E-state index in [1.807, 2.05) is 5.38 Å². The minimum atomic E-state index is -0.188. The lowest BCUT2D eigenvalue weighted by atomic mass is 10.2. The molecule has 0 saturated carbocycles. The van der Waals surface area contributed by atoms with Crippen molar-refractivity contribution < 1.29 is 9.53 Å². The van der Waals surface area contributed by atoms with Gasteiger partial charge < -0.3 is 15.0 Å². The number of ether oxygens (including phenoxy) is 1. The van der Waals surface area contributed by atoms with Gasteiger partial charge in [0, 0.05) is 17.3 Å².